The summed E-state index contributed by atoms with van der Waals surface area (Å²) in [5, 5.41) is 4.22. The quantitative estimate of drug-likeness (QED) is 0.749. The summed E-state index contributed by atoms with van der Waals surface area (Å²) < 4.78 is 10.6. The summed E-state index contributed by atoms with van der Waals surface area (Å²) in [6, 6.07) is 3.56. The van der Waals surface area contributed by atoms with Crippen molar-refractivity contribution in [3.05, 3.63) is 28.9 Å². The maximum absolute atomic E-state index is 5.70. The number of halogens is 1. The van der Waals surface area contributed by atoms with Crippen LogP contribution in [0.5, 0.6) is 10.8 Å². The predicted octanol–water partition coefficient (Wildman–Crippen LogP) is 3.18. The van der Waals surface area contributed by atoms with Crippen molar-refractivity contribution in [3.8, 4) is 10.8 Å². The van der Waals surface area contributed by atoms with Gasteiger partial charge in [-0.2, -0.15) is 0 Å². The van der Waals surface area contributed by atoms with Crippen LogP contribution in [0.25, 0.3) is 0 Å². The van der Waals surface area contributed by atoms with Crippen LogP contribution in [0.4, 0.5) is 0 Å². The molecule has 0 unspecified atom stereocenters. The number of aromatic nitrogens is 1. The monoisotopic (exact) mass is 201 g/mol. The van der Waals surface area contributed by atoms with Crippen LogP contribution in [0.3, 0.4) is 0 Å². The molecule has 0 radical (unpaired) electrons. The first kappa shape index (κ1) is 7.64. The van der Waals surface area contributed by atoms with Crippen LogP contribution in [0.15, 0.2) is 29.1 Å². The molecule has 62 valence electrons. The molecule has 0 bridgehead atoms. The Balaban J connectivity index is 2.14. The van der Waals surface area contributed by atoms with Gasteiger partial charge in [-0.3, -0.25) is 0 Å². The van der Waals surface area contributed by atoms with E-state index in [1.807, 2.05) is 0 Å². The molecule has 0 amide bonds. The van der Waals surface area contributed by atoms with Crippen molar-refractivity contribution in [1.82, 2.24) is 5.16 Å². The first-order valence-corrected chi connectivity index (χ1v) is 4.36. The fourth-order valence-electron chi connectivity index (χ4n) is 0.714. The third kappa shape index (κ3) is 1.60. The van der Waals surface area contributed by atoms with Crippen LogP contribution in [0, 0.1) is 0 Å². The molecule has 0 saturated carbocycles. The van der Waals surface area contributed by atoms with Crippen molar-refractivity contribution in [2.75, 3.05) is 0 Å². The van der Waals surface area contributed by atoms with E-state index in [2.05, 4.69) is 9.68 Å². The lowest BCUT2D eigenvalue weighted by molar-refractivity contribution is 0.411. The average molecular weight is 202 g/mol. The lowest BCUT2D eigenvalue weighted by Crippen LogP contribution is -1.74. The van der Waals surface area contributed by atoms with Gasteiger partial charge in [-0.1, -0.05) is 28.1 Å². The molecule has 3 nitrogen and oxygen atoms in total. The van der Waals surface area contributed by atoms with E-state index in [-0.39, 0.29) is 0 Å². The van der Waals surface area contributed by atoms with E-state index >= 15 is 0 Å². The Hall–Kier alpha value is -1.00. The Bertz CT molecular complexity index is 357. The van der Waals surface area contributed by atoms with Gasteiger partial charge in [0.25, 0.3) is 0 Å². The van der Waals surface area contributed by atoms with Gasteiger partial charge in [0.05, 0.1) is 4.34 Å². The summed E-state index contributed by atoms with van der Waals surface area (Å²) in [5.74, 6) is 0.577. The maximum atomic E-state index is 5.70. The molecule has 2 aromatic heterocycles. The molecule has 0 aliphatic heterocycles. The van der Waals surface area contributed by atoms with Crippen molar-refractivity contribution < 1.29 is 9.26 Å². The highest BCUT2D eigenvalue weighted by Gasteiger charge is 2.01. The Labute approximate surface area is 77.5 Å². The molecule has 0 aliphatic carbocycles. The predicted molar refractivity (Wildman–Crippen MR) is 45.9 cm³/mol. The SMILES string of the molecule is Clc1ccc(Oc2cnoc2)s1. The Morgan fingerprint density at radius 2 is 2.42 bits per heavy atom. The van der Waals surface area contributed by atoms with Gasteiger partial charge >= 0.3 is 0 Å². The molecule has 0 aromatic carbocycles. The summed E-state index contributed by atoms with van der Waals surface area (Å²) in [5.41, 5.74) is 0. The van der Waals surface area contributed by atoms with Crippen molar-refractivity contribution in [3.63, 3.8) is 0 Å². The zero-order valence-corrected chi connectivity index (χ0v) is 7.43. The fraction of sp³-hybridized carbons (Fsp3) is 0. The van der Waals surface area contributed by atoms with E-state index < -0.39 is 0 Å². The van der Waals surface area contributed by atoms with Gasteiger partial charge in [-0.05, 0) is 12.1 Å². The number of hydrogen-bond acceptors (Lipinski definition) is 4. The normalized spacial score (nSPS) is 10.1. The summed E-state index contributed by atoms with van der Waals surface area (Å²) in [7, 11) is 0. The zero-order valence-electron chi connectivity index (χ0n) is 5.86. The van der Waals surface area contributed by atoms with E-state index in [4.69, 9.17) is 16.3 Å². The van der Waals surface area contributed by atoms with Crippen LogP contribution in [0.2, 0.25) is 4.34 Å². The molecule has 2 aromatic rings. The summed E-state index contributed by atoms with van der Waals surface area (Å²) in [4.78, 5) is 0. The first-order valence-electron chi connectivity index (χ1n) is 3.17. The van der Waals surface area contributed by atoms with Crippen molar-refractivity contribution in [1.29, 1.82) is 0 Å². The Kier molecular flexibility index (Phi) is 2.01. The number of rotatable bonds is 2. The van der Waals surface area contributed by atoms with E-state index in [1.165, 1.54) is 23.8 Å². The molecule has 0 atom stereocenters. The second-order valence-corrected chi connectivity index (χ2v) is 3.70. The van der Waals surface area contributed by atoms with Gasteiger partial charge in [-0.15, -0.1) is 0 Å². The molecule has 2 rings (SSSR count). The van der Waals surface area contributed by atoms with Gasteiger partial charge < -0.3 is 9.26 Å². The molecule has 5 heteroatoms. The minimum Gasteiger partial charge on any atom is -0.442 e. The van der Waals surface area contributed by atoms with Crippen LogP contribution in [-0.2, 0) is 0 Å². The number of ether oxygens (including phenoxy) is 1. The topological polar surface area (TPSA) is 35.3 Å². The van der Waals surface area contributed by atoms with Crippen molar-refractivity contribution in [2.45, 2.75) is 0 Å². The number of nitrogens with zero attached hydrogens (tertiary/aromatic N) is 1. The standard InChI is InChI=1S/C7H4ClNO2S/c8-6-1-2-7(12-6)11-5-3-9-10-4-5/h1-4H. The summed E-state index contributed by atoms with van der Waals surface area (Å²) in [6.45, 7) is 0. The van der Waals surface area contributed by atoms with Crippen LogP contribution in [0.1, 0.15) is 0 Å². The van der Waals surface area contributed by atoms with Crippen LogP contribution < -0.4 is 4.74 Å². The lowest BCUT2D eigenvalue weighted by Gasteiger charge is -1.94. The molecule has 0 saturated heterocycles. The zero-order chi connectivity index (χ0) is 8.39. The average Bonchev–Trinajstić information content (AvgIpc) is 2.63. The minimum absolute atomic E-state index is 0.577. The highest BCUT2D eigenvalue weighted by molar-refractivity contribution is 7.17. The van der Waals surface area contributed by atoms with Crippen molar-refractivity contribution >= 4 is 22.9 Å². The third-order valence-corrected chi connectivity index (χ3v) is 2.29. The van der Waals surface area contributed by atoms with Gasteiger partial charge in [-0.25, -0.2) is 0 Å². The smallest absolute Gasteiger partial charge is 0.188 e. The summed E-state index contributed by atoms with van der Waals surface area (Å²) in [6.07, 6.45) is 2.92. The lowest BCUT2D eigenvalue weighted by atomic mass is 10.6. The van der Waals surface area contributed by atoms with Gasteiger partial charge in [0.1, 0.15) is 6.20 Å². The molecular formula is C7H4ClNO2S. The molecule has 0 fully saturated rings. The van der Waals surface area contributed by atoms with Crippen molar-refractivity contribution in [2.24, 2.45) is 0 Å². The molecule has 2 heterocycles. The molecule has 0 aliphatic rings. The second-order valence-electron chi connectivity index (χ2n) is 2.02. The highest BCUT2D eigenvalue weighted by atomic mass is 35.5. The van der Waals surface area contributed by atoms with Gasteiger partial charge in [0, 0.05) is 0 Å². The second kappa shape index (κ2) is 3.16. The molecular weight excluding hydrogens is 198 g/mol. The van der Waals surface area contributed by atoms with Crippen LogP contribution >= 0.6 is 22.9 Å². The van der Waals surface area contributed by atoms with E-state index in [1.54, 1.807) is 12.1 Å². The third-order valence-electron chi connectivity index (χ3n) is 1.18. The maximum Gasteiger partial charge on any atom is 0.188 e. The minimum atomic E-state index is 0.577. The largest absolute Gasteiger partial charge is 0.442 e. The van der Waals surface area contributed by atoms with E-state index in [0.29, 0.717) is 10.1 Å². The number of thiophene rings is 1. The molecule has 0 N–H and O–H groups in total. The van der Waals surface area contributed by atoms with Gasteiger partial charge in [0.15, 0.2) is 17.1 Å². The first-order chi connectivity index (χ1) is 5.84. The summed E-state index contributed by atoms with van der Waals surface area (Å²) >= 11 is 7.06. The Morgan fingerprint density at radius 1 is 1.50 bits per heavy atom. The van der Waals surface area contributed by atoms with E-state index in [0.717, 1.165) is 5.06 Å². The molecule has 0 spiro atoms. The molecule has 12 heavy (non-hydrogen) atoms. The Morgan fingerprint density at radius 3 is 3.00 bits per heavy atom. The van der Waals surface area contributed by atoms with Gasteiger partial charge in [0.2, 0.25) is 0 Å². The number of hydrogen-bond donors (Lipinski definition) is 0. The van der Waals surface area contributed by atoms with E-state index in [9.17, 15) is 0 Å². The highest BCUT2D eigenvalue weighted by Crippen LogP contribution is 2.31. The fourth-order valence-corrected chi connectivity index (χ4v) is 1.61. The van der Waals surface area contributed by atoms with Crippen LogP contribution in [-0.4, -0.2) is 5.16 Å².